The van der Waals surface area contributed by atoms with Crippen LogP contribution in [0.5, 0.6) is 11.5 Å². The predicted octanol–water partition coefficient (Wildman–Crippen LogP) is 5.03. The summed E-state index contributed by atoms with van der Waals surface area (Å²) < 4.78 is 37.5. The van der Waals surface area contributed by atoms with Crippen molar-refractivity contribution in [3.05, 3.63) is 52.0 Å². The number of nitrogens with one attached hydrogen (secondary N) is 1. The van der Waals surface area contributed by atoms with Crippen molar-refractivity contribution in [2.75, 3.05) is 31.3 Å². The summed E-state index contributed by atoms with van der Waals surface area (Å²) in [5, 5.41) is 3.88. The molecule has 0 unspecified atom stereocenters. The number of hydrogen-bond donors (Lipinski definition) is 1. The van der Waals surface area contributed by atoms with Crippen molar-refractivity contribution in [1.82, 2.24) is 10.2 Å². The number of carbonyl (C=O) groups is 2. The zero-order valence-electron chi connectivity index (χ0n) is 23.3. The lowest BCUT2D eigenvalue weighted by atomic mass is 9.95. The molecular weight excluding hydrogens is 577 g/mol. The molecule has 12 heteroatoms. The van der Waals surface area contributed by atoms with Crippen LogP contribution in [0.15, 0.2) is 36.4 Å². The monoisotopic (exact) mass is 613 g/mol. The van der Waals surface area contributed by atoms with Crippen LogP contribution in [0.1, 0.15) is 51.0 Å². The Morgan fingerprint density at radius 2 is 1.75 bits per heavy atom. The summed E-state index contributed by atoms with van der Waals surface area (Å²) in [5.74, 6) is -0.169. The molecule has 0 radical (unpaired) electrons. The summed E-state index contributed by atoms with van der Waals surface area (Å²) in [6.45, 7) is 1.25. The normalized spacial score (nSPS) is 14.8. The molecule has 40 heavy (non-hydrogen) atoms. The van der Waals surface area contributed by atoms with Gasteiger partial charge in [-0.05, 0) is 49.1 Å². The van der Waals surface area contributed by atoms with Crippen molar-refractivity contribution in [2.24, 2.45) is 0 Å². The largest absolute Gasteiger partial charge is 0.497 e. The van der Waals surface area contributed by atoms with E-state index >= 15 is 0 Å². The number of halogens is 2. The van der Waals surface area contributed by atoms with Crippen LogP contribution in [-0.4, -0.2) is 64.2 Å². The molecule has 220 valence electrons. The Hall–Kier alpha value is -2.69. The average molecular weight is 615 g/mol. The zero-order chi connectivity index (χ0) is 29.4. The number of nitrogens with zero attached hydrogens (tertiary/aromatic N) is 2. The number of ether oxygens (including phenoxy) is 2. The summed E-state index contributed by atoms with van der Waals surface area (Å²) in [6.07, 6.45) is 6.32. The first-order valence-corrected chi connectivity index (χ1v) is 15.8. The number of hydrogen-bond acceptors (Lipinski definition) is 6. The maximum Gasteiger partial charge on any atom is 0.244 e. The molecule has 0 saturated heterocycles. The van der Waals surface area contributed by atoms with Gasteiger partial charge in [0.15, 0.2) is 0 Å². The van der Waals surface area contributed by atoms with E-state index in [9.17, 15) is 18.0 Å². The van der Waals surface area contributed by atoms with Gasteiger partial charge in [-0.25, -0.2) is 8.42 Å². The number of anilines is 1. The third kappa shape index (κ3) is 8.17. The quantitative estimate of drug-likeness (QED) is 0.360. The molecule has 2 aromatic carbocycles. The lowest BCUT2D eigenvalue weighted by Crippen LogP contribution is -2.54. The minimum Gasteiger partial charge on any atom is -0.497 e. The smallest absolute Gasteiger partial charge is 0.244 e. The Bertz CT molecular complexity index is 1300. The van der Waals surface area contributed by atoms with E-state index < -0.39 is 28.5 Å². The van der Waals surface area contributed by atoms with Crippen LogP contribution < -0.4 is 19.1 Å². The highest BCUT2D eigenvalue weighted by Gasteiger charge is 2.34. The molecule has 0 aromatic heterocycles. The van der Waals surface area contributed by atoms with Crippen LogP contribution in [-0.2, 0) is 26.2 Å². The molecule has 1 aliphatic rings. The summed E-state index contributed by atoms with van der Waals surface area (Å²) in [5.41, 5.74) is 0.750. The maximum absolute atomic E-state index is 14.0. The highest BCUT2D eigenvalue weighted by molar-refractivity contribution is 7.92. The fourth-order valence-electron chi connectivity index (χ4n) is 4.88. The number of amides is 2. The number of methoxy groups -OCH3 is 2. The molecule has 1 fully saturated rings. The van der Waals surface area contributed by atoms with Crippen molar-refractivity contribution in [3.8, 4) is 11.5 Å². The van der Waals surface area contributed by atoms with Gasteiger partial charge in [0.25, 0.3) is 0 Å². The molecular formula is C28H37Cl2N3O6S. The van der Waals surface area contributed by atoms with E-state index in [0.717, 1.165) is 42.7 Å². The summed E-state index contributed by atoms with van der Waals surface area (Å²) in [4.78, 5) is 28.9. The molecule has 0 aliphatic heterocycles. The Morgan fingerprint density at radius 1 is 1.05 bits per heavy atom. The molecule has 1 aliphatic carbocycles. The van der Waals surface area contributed by atoms with Gasteiger partial charge in [0.1, 0.15) is 24.1 Å². The van der Waals surface area contributed by atoms with E-state index in [1.807, 2.05) is 6.92 Å². The van der Waals surface area contributed by atoms with Crippen LogP contribution in [0.4, 0.5) is 5.69 Å². The van der Waals surface area contributed by atoms with E-state index in [1.54, 1.807) is 24.3 Å². The number of rotatable bonds is 12. The Balaban J connectivity index is 1.99. The predicted molar refractivity (Wildman–Crippen MR) is 158 cm³/mol. The lowest BCUT2D eigenvalue weighted by Gasteiger charge is -2.34. The third-order valence-corrected chi connectivity index (χ3v) is 8.74. The van der Waals surface area contributed by atoms with E-state index in [0.29, 0.717) is 27.8 Å². The lowest BCUT2D eigenvalue weighted by molar-refractivity contribution is -0.140. The molecule has 1 atom stereocenters. The summed E-state index contributed by atoms with van der Waals surface area (Å²) >= 11 is 12.5. The number of sulfonamides is 1. The van der Waals surface area contributed by atoms with Gasteiger partial charge in [-0.1, -0.05) is 55.5 Å². The van der Waals surface area contributed by atoms with Crippen LogP contribution in [0.2, 0.25) is 10.0 Å². The fourth-order valence-corrected chi connectivity index (χ4v) is 6.20. The van der Waals surface area contributed by atoms with Crippen molar-refractivity contribution < 1.29 is 27.5 Å². The van der Waals surface area contributed by atoms with Gasteiger partial charge in [-0.2, -0.15) is 0 Å². The number of carbonyl (C=O) groups excluding carboxylic acids is 2. The number of benzene rings is 2. The van der Waals surface area contributed by atoms with E-state index in [2.05, 4.69) is 5.32 Å². The molecule has 0 bridgehead atoms. The SMILES string of the molecule is CC[C@H](C(=O)NC1CCCCC1)N(Cc1ccc(Cl)cc1Cl)C(=O)CN(c1ccc(OC)cc1OC)S(C)(=O)=O. The van der Waals surface area contributed by atoms with Gasteiger partial charge >= 0.3 is 0 Å². The van der Waals surface area contributed by atoms with Crippen LogP contribution in [0.25, 0.3) is 0 Å². The van der Waals surface area contributed by atoms with Crippen molar-refractivity contribution in [2.45, 2.75) is 64.1 Å². The summed E-state index contributed by atoms with van der Waals surface area (Å²) in [7, 11) is -1.06. The minimum atomic E-state index is -3.94. The molecule has 9 nitrogen and oxygen atoms in total. The maximum atomic E-state index is 14.0. The van der Waals surface area contributed by atoms with Gasteiger partial charge in [-0.3, -0.25) is 13.9 Å². The van der Waals surface area contributed by atoms with Crippen molar-refractivity contribution in [1.29, 1.82) is 0 Å². The second-order valence-corrected chi connectivity index (χ2v) is 12.6. The third-order valence-electron chi connectivity index (χ3n) is 7.03. The topological polar surface area (TPSA) is 105 Å². The van der Waals surface area contributed by atoms with E-state index in [-0.39, 0.29) is 29.9 Å². The Kier molecular flexibility index (Phi) is 11.4. The van der Waals surface area contributed by atoms with Gasteiger partial charge in [0.05, 0.1) is 26.2 Å². The first kappa shape index (κ1) is 31.8. The van der Waals surface area contributed by atoms with E-state index in [4.69, 9.17) is 32.7 Å². The van der Waals surface area contributed by atoms with Crippen LogP contribution in [0, 0.1) is 0 Å². The van der Waals surface area contributed by atoms with Gasteiger partial charge in [0, 0.05) is 28.7 Å². The van der Waals surface area contributed by atoms with Gasteiger partial charge in [-0.15, -0.1) is 0 Å². The molecule has 2 aromatic rings. The first-order valence-electron chi connectivity index (χ1n) is 13.2. The molecule has 1 N–H and O–H groups in total. The standard InChI is InChI=1S/C28H37Cl2N3O6S/c1-5-24(28(35)31-21-9-7-6-8-10-21)32(17-19-11-12-20(29)15-23(19)30)27(34)18-33(40(4,36)37)25-14-13-22(38-2)16-26(25)39-3/h11-16,21,24H,5-10,17-18H2,1-4H3,(H,31,35)/t24-/m1/s1. The molecule has 1 saturated carbocycles. The highest BCUT2D eigenvalue weighted by atomic mass is 35.5. The summed E-state index contributed by atoms with van der Waals surface area (Å²) in [6, 6.07) is 8.74. The van der Waals surface area contributed by atoms with Gasteiger partial charge < -0.3 is 19.7 Å². The second kappa shape index (κ2) is 14.3. The molecule has 2 amide bonds. The van der Waals surface area contributed by atoms with Crippen molar-refractivity contribution >= 4 is 50.7 Å². The fraction of sp³-hybridized carbons (Fsp3) is 0.500. The second-order valence-electron chi connectivity index (χ2n) is 9.83. The molecule has 0 heterocycles. The van der Waals surface area contributed by atoms with Crippen LogP contribution in [0.3, 0.4) is 0 Å². The highest BCUT2D eigenvalue weighted by Crippen LogP contribution is 2.34. The first-order chi connectivity index (χ1) is 19.0. The Labute approximate surface area is 246 Å². The van der Waals surface area contributed by atoms with Crippen LogP contribution >= 0.6 is 23.2 Å². The van der Waals surface area contributed by atoms with Gasteiger partial charge in [0.2, 0.25) is 21.8 Å². The molecule has 0 spiro atoms. The van der Waals surface area contributed by atoms with Crippen molar-refractivity contribution in [3.63, 3.8) is 0 Å². The van der Waals surface area contributed by atoms with E-state index in [1.165, 1.54) is 31.3 Å². The minimum absolute atomic E-state index is 0.0111. The Morgan fingerprint density at radius 3 is 2.33 bits per heavy atom. The average Bonchev–Trinajstić information content (AvgIpc) is 2.92. The molecule has 3 rings (SSSR count). The zero-order valence-corrected chi connectivity index (χ0v) is 25.6.